The van der Waals surface area contributed by atoms with Crippen molar-refractivity contribution in [3.05, 3.63) is 224 Å². The van der Waals surface area contributed by atoms with E-state index in [9.17, 15) is 0 Å². The van der Waals surface area contributed by atoms with Crippen LogP contribution >= 0.6 is 0 Å². The molecule has 1 heterocycles. The zero-order valence-corrected chi connectivity index (χ0v) is 31.7. The summed E-state index contributed by atoms with van der Waals surface area (Å²) in [6, 6.07) is 80.5. The Kier molecular flexibility index (Phi) is 8.19. The molecule has 0 atom stereocenters. The van der Waals surface area contributed by atoms with Gasteiger partial charge in [-0.15, -0.1) is 0 Å². The standard InChI is InChI=1S/C56H37NO/c1-4-16-38(17-5-1)42-22-14-23-44(36-42)57(54-35-34-45(39-18-6-2-7-19-39)47-24-10-12-26-49(47)54)43-32-30-41(31-33-43)46-28-15-29-51-53-37-52(40-20-8-3-9-21-40)48-25-11-13-27-50(48)56(53)58-55(46)51/h1-37H. The lowest BCUT2D eigenvalue weighted by atomic mass is 9.95. The van der Waals surface area contributed by atoms with Crippen molar-refractivity contribution in [2.45, 2.75) is 0 Å². The van der Waals surface area contributed by atoms with E-state index in [0.717, 1.165) is 55.5 Å². The smallest absolute Gasteiger partial charge is 0.143 e. The van der Waals surface area contributed by atoms with Crippen LogP contribution in [-0.4, -0.2) is 0 Å². The Morgan fingerprint density at radius 2 is 0.776 bits per heavy atom. The van der Waals surface area contributed by atoms with Gasteiger partial charge in [0.2, 0.25) is 0 Å². The van der Waals surface area contributed by atoms with Crippen LogP contribution in [0.3, 0.4) is 0 Å². The molecule has 2 heteroatoms. The van der Waals surface area contributed by atoms with Gasteiger partial charge in [0, 0.05) is 38.5 Å². The molecule has 0 N–H and O–H groups in total. The van der Waals surface area contributed by atoms with Gasteiger partial charge in [0.1, 0.15) is 11.2 Å². The third-order valence-corrected chi connectivity index (χ3v) is 11.5. The fourth-order valence-corrected chi connectivity index (χ4v) is 8.72. The van der Waals surface area contributed by atoms with Crippen LogP contribution in [0, 0.1) is 0 Å². The Balaban J connectivity index is 1.07. The van der Waals surface area contributed by atoms with Crippen molar-refractivity contribution in [3.63, 3.8) is 0 Å². The predicted octanol–water partition coefficient (Wildman–Crippen LogP) is 16.0. The van der Waals surface area contributed by atoms with Crippen LogP contribution in [0.4, 0.5) is 17.1 Å². The van der Waals surface area contributed by atoms with E-state index < -0.39 is 0 Å². The van der Waals surface area contributed by atoms with Gasteiger partial charge in [-0.1, -0.05) is 188 Å². The lowest BCUT2D eigenvalue weighted by molar-refractivity contribution is 0.674. The van der Waals surface area contributed by atoms with E-state index in [0.29, 0.717) is 0 Å². The fourth-order valence-electron chi connectivity index (χ4n) is 8.72. The van der Waals surface area contributed by atoms with Crippen LogP contribution < -0.4 is 4.90 Å². The average molecular weight is 740 g/mol. The predicted molar refractivity (Wildman–Crippen MR) is 245 cm³/mol. The molecule has 0 saturated carbocycles. The number of rotatable bonds is 7. The Morgan fingerprint density at radius 1 is 0.259 bits per heavy atom. The van der Waals surface area contributed by atoms with E-state index >= 15 is 0 Å². The molecule has 0 aliphatic rings. The highest BCUT2D eigenvalue weighted by molar-refractivity contribution is 6.20. The first-order chi connectivity index (χ1) is 28.8. The van der Waals surface area contributed by atoms with E-state index in [2.05, 4.69) is 229 Å². The number of furan rings is 1. The summed E-state index contributed by atoms with van der Waals surface area (Å²) in [5.41, 5.74) is 14.5. The van der Waals surface area contributed by atoms with Crippen LogP contribution in [0.1, 0.15) is 0 Å². The summed E-state index contributed by atoms with van der Waals surface area (Å²) in [7, 11) is 0. The molecule has 0 aliphatic heterocycles. The summed E-state index contributed by atoms with van der Waals surface area (Å²) < 4.78 is 6.90. The van der Waals surface area contributed by atoms with Gasteiger partial charge in [0.15, 0.2) is 0 Å². The summed E-state index contributed by atoms with van der Waals surface area (Å²) >= 11 is 0. The monoisotopic (exact) mass is 739 g/mol. The minimum Gasteiger partial charge on any atom is -0.455 e. The van der Waals surface area contributed by atoms with Crippen LogP contribution in [0.5, 0.6) is 0 Å². The summed E-state index contributed by atoms with van der Waals surface area (Å²) in [6.07, 6.45) is 0. The topological polar surface area (TPSA) is 16.4 Å². The van der Waals surface area contributed by atoms with Crippen LogP contribution in [0.15, 0.2) is 229 Å². The normalized spacial score (nSPS) is 11.4. The molecule has 10 aromatic carbocycles. The molecule has 0 unspecified atom stereocenters. The molecule has 0 radical (unpaired) electrons. The van der Waals surface area contributed by atoms with Crippen LogP contribution in [-0.2, 0) is 0 Å². The van der Waals surface area contributed by atoms with Gasteiger partial charge in [-0.05, 0) is 86.1 Å². The molecule has 0 bridgehead atoms. The molecule has 11 aromatic rings. The molecule has 0 saturated heterocycles. The molecule has 0 spiro atoms. The maximum atomic E-state index is 6.90. The molecule has 0 fully saturated rings. The zero-order chi connectivity index (χ0) is 38.4. The molecule has 2 nitrogen and oxygen atoms in total. The van der Waals surface area contributed by atoms with Gasteiger partial charge in [-0.25, -0.2) is 0 Å². The lowest BCUT2D eigenvalue weighted by Crippen LogP contribution is -2.10. The highest BCUT2D eigenvalue weighted by atomic mass is 16.3. The lowest BCUT2D eigenvalue weighted by Gasteiger charge is -2.28. The first-order valence-corrected chi connectivity index (χ1v) is 19.8. The Bertz CT molecular complexity index is 3260. The minimum atomic E-state index is 0.899. The van der Waals surface area contributed by atoms with Gasteiger partial charge in [0.25, 0.3) is 0 Å². The molecule has 0 aliphatic carbocycles. The van der Waals surface area contributed by atoms with Gasteiger partial charge in [-0.3, -0.25) is 0 Å². The third kappa shape index (κ3) is 5.74. The van der Waals surface area contributed by atoms with Crippen LogP contribution in [0.25, 0.3) is 88.0 Å². The van der Waals surface area contributed by atoms with E-state index in [-0.39, 0.29) is 0 Å². The molecular weight excluding hydrogens is 703 g/mol. The number of anilines is 3. The number of hydrogen-bond donors (Lipinski definition) is 0. The summed E-state index contributed by atoms with van der Waals surface area (Å²) in [6.45, 7) is 0. The Morgan fingerprint density at radius 3 is 1.48 bits per heavy atom. The summed E-state index contributed by atoms with van der Waals surface area (Å²) in [5, 5.41) is 6.95. The second-order valence-electron chi connectivity index (χ2n) is 14.8. The van der Waals surface area contributed by atoms with Gasteiger partial charge >= 0.3 is 0 Å². The maximum absolute atomic E-state index is 6.90. The number of para-hydroxylation sites is 1. The molecular formula is C56H37NO. The molecule has 0 amide bonds. The summed E-state index contributed by atoms with van der Waals surface area (Å²) in [4.78, 5) is 2.40. The van der Waals surface area contributed by atoms with E-state index in [1.807, 2.05) is 0 Å². The van der Waals surface area contributed by atoms with Crippen molar-refractivity contribution >= 4 is 60.5 Å². The second-order valence-corrected chi connectivity index (χ2v) is 14.8. The van der Waals surface area contributed by atoms with Crippen LogP contribution in [0.2, 0.25) is 0 Å². The SMILES string of the molecule is c1ccc(-c2cccc(N(c3ccc(-c4cccc5c4oc4c6ccccc6c(-c6ccccc6)cc54)cc3)c3ccc(-c4ccccc4)c4ccccc34)c2)cc1. The third-order valence-electron chi connectivity index (χ3n) is 11.5. The molecule has 272 valence electrons. The number of fused-ring (bicyclic) bond motifs is 6. The van der Waals surface area contributed by atoms with E-state index in [1.54, 1.807) is 0 Å². The van der Waals surface area contributed by atoms with Crippen molar-refractivity contribution in [1.29, 1.82) is 0 Å². The molecule has 11 rings (SSSR count). The first-order valence-electron chi connectivity index (χ1n) is 19.8. The Labute approximate surface area is 337 Å². The minimum absolute atomic E-state index is 0.899. The van der Waals surface area contributed by atoms with Gasteiger partial charge in [0.05, 0.1) is 5.69 Å². The van der Waals surface area contributed by atoms with Crippen molar-refractivity contribution < 1.29 is 4.42 Å². The number of benzene rings is 10. The molecule has 1 aromatic heterocycles. The number of nitrogens with zero attached hydrogens (tertiary/aromatic N) is 1. The quantitative estimate of drug-likeness (QED) is 0.162. The number of hydrogen-bond acceptors (Lipinski definition) is 2. The van der Waals surface area contributed by atoms with Gasteiger partial charge in [-0.2, -0.15) is 0 Å². The van der Waals surface area contributed by atoms with Crippen molar-refractivity contribution in [1.82, 2.24) is 0 Å². The highest BCUT2D eigenvalue weighted by Crippen LogP contribution is 2.45. The zero-order valence-electron chi connectivity index (χ0n) is 31.7. The highest BCUT2D eigenvalue weighted by Gasteiger charge is 2.20. The Hall–Kier alpha value is -7.68. The first kappa shape index (κ1) is 33.6. The second kappa shape index (κ2) is 14.1. The average Bonchev–Trinajstić information content (AvgIpc) is 3.69. The van der Waals surface area contributed by atoms with Crippen molar-refractivity contribution in [2.24, 2.45) is 0 Å². The van der Waals surface area contributed by atoms with Crippen molar-refractivity contribution in [3.8, 4) is 44.5 Å². The molecule has 58 heavy (non-hydrogen) atoms. The van der Waals surface area contributed by atoms with E-state index in [1.165, 1.54) is 49.5 Å². The fraction of sp³-hybridized carbons (Fsp3) is 0. The van der Waals surface area contributed by atoms with Gasteiger partial charge < -0.3 is 9.32 Å². The largest absolute Gasteiger partial charge is 0.455 e. The van der Waals surface area contributed by atoms with Crippen molar-refractivity contribution in [2.75, 3.05) is 4.90 Å². The van der Waals surface area contributed by atoms with E-state index in [4.69, 9.17) is 4.42 Å². The maximum Gasteiger partial charge on any atom is 0.143 e. The summed E-state index contributed by atoms with van der Waals surface area (Å²) in [5.74, 6) is 0.